The van der Waals surface area contributed by atoms with Crippen molar-refractivity contribution in [2.24, 2.45) is 0 Å². The zero-order valence-corrected chi connectivity index (χ0v) is 17.5. The minimum absolute atomic E-state index is 0.236. The Morgan fingerprint density at radius 2 is 1.63 bits per heavy atom. The Morgan fingerprint density at radius 3 is 2.33 bits per heavy atom. The van der Waals surface area contributed by atoms with E-state index in [2.05, 4.69) is 0 Å². The van der Waals surface area contributed by atoms with Gasteiger partial charge in [0.15, 0.2) is 5.13 Å². The van der Waals surface area contributed by atoms with E-state index in [-0.39, 0.29) is 17.0 Å². The lowest BCUT2D eigenvalue weighted by Gasteiger charge is -2.21. The summed E-state index contributed by atoms with van der Waals surface area (Å²) in [6, 6.07) is 22.4. The maximum Gasteiger partial charge on any atom is 0.338 e. The van der Waals surface area contributed by atoms with Crippen LogP contribution < -0.4 is 4.90 Å². The number of hydrogen-bond acceptors (Lipinski definition) is 5. The minimum Gasteiger partial charge on any atom is -0.465 e. The third kappa shape index (κ3) is 3.82. The molecule has 0 unspecified atom stereocenters. The molecule has 4 rings (SSSR count). The first kappa shape index (κ1) is 19.8. The van der Waals surface area contributed by atoms with E-state index in [9.17, 15) is 9.59 Å². The van der Waals surface area contributed by atoms with Gasteiger partial charge in [0.05, 0.1) is 35.0 Å². The topological polar surface area (TPSA) is 59.5 Å². The van der Waals surface area contributed by atoms with Crippen LogP contribution in [0.2, 0.25) is 0 Å². The SMILES string of the molecule is COC(=O)c1ccccc1C(=O)N(Cc1ccccc1)c1nc2c(C)cccc2s1. The van der Waals surface area contributed by atoms with E-state index in [0.29, 0.717) is 11.7 Å². The maximum absolute atomic E-state index is 13.6. The van der Waals surface area contributed by atoms with Gasteiger partial charge in [-0.25, -0.2) is 9.78 Å². The number of thiazole rings is 1. The lowest BCUT2D eigenvalue weighted by atomic mass is 10.1. The van der Waals surface area contributed by atoms with Gasteiger partial charge in [0, 0.05) is 0 Å². The number of esters is 1. The van der Waals surface area contributed by atoms with E-state index in [4.69, 9.17) is 9.72 Å². The van der Waals surface area contributed by atoms with E-state index < -0.39 is 5.97 Å². The van der Waals surface area contributed by atoms with Crippen molar-refractivity contribution in [3.05, 3.63) is 95.1 Å². The quantitative estimate of drug-likeness (QED) is 0.418. The van der Waals surface area contributed by atoms with Crippen LogP contribution in [-0.2, 0) is 11.3 Å². The van der Waals surface area contributed by atoms with E-state index >= 15 is 0 Å². The van der Waals surface area contributed by atoms with Gasteiger partial charge in [0.25, 0.3) is 5.91 Å². The van der Waals surface area contributed by atoms with Gasteiger partial charge in [-0.3, -0.25) is 9.69 Å². The zero-order valence-electron chi connectivity index (χ0n) is 16.7. The molecule has 6 heteroatoms. The van der Waals surface area contributed by atoms with Crippen LogP contribution in [0.5, 0.6) is 0 Å². The zero-order chi connectivity index (χ0) is 21.1. The second kappa shape index (κ2) is 8.47. The highest BCUT2D eigenvalue weighted by Crippen LogP contribution is 2.32. The van der Waals surface area contributed by atoms with Crippen LogP contribution in [0.15, 0.2) is 72.8 Å². The van der Waals surface area contributed by atoms with Crippen LogP contribution >= 0.6 is 11.3 Å². The number of carbonyl (C=O) groups excluding carboxylic acids is 2. The number of hydrogen-bond donors (Lipinski definition) is 0. The summed E-state index contributed by atoms with van der Waals surface area (Å²) in [5.74, 6) is -0.838. The van der Waals surface area contributed by atoms with Gasteiger partial charge in [0.1, 0.15) is 0 Å². The fourth-order valence-corrected chi connectivity index (χ4v) is 4.33. The summed E-state index contributed by atoms with van der Waals surface area (Å²) in [5, 5.41) is 0.591. The summed E-state index contributed by atoms with van der Waals surface area (Å²) in [5.41, 5.74) is 3.43. The normalized spacial score (nSPS) is 10.7. The molecule has 0 N–H and O–H groups in total. The lowest BCUT2D eigenvalue weighted by molar-refractivity contribution is 0.0597. The molecule has 4 aromatic rings. The highest BCUT2D eigenvalue weighted by Gasteiger charge is 2.26. The molecule has 0 aliphatic carbocycles. The molecule has 0 atom stereocenters. The van der Waals surface area contributed by atoms with Crippen LogP contribution in [0.1, 0.15) is 31.8 Å². The van der Waals surface area contributed by atoms with Crippen molar-refractivity contribution in [3.8, 4) is 0 Å². The van der Waals surface area contributed by atoms with Crippen molar-refractivity contribution in [1.82, 2.24) is 4.98 Å². The largest absolute Gasteiger partial charge is 0.465 e. The van der Waals surface area contributed by atoms with E-state index in [1.807, 2.05) is 55.5 Å². The number of aromatic nitrogens is 1. The number of anilines is 1. The summed E-state index contributed by atoms with van der Waals surface area (Å²) in [7, 11) is 1.31. The minimum atomic E-state index is -0.543. The van der Waals surface area contributed by atoms with Gasteiger partial charge < -0.3 is 4.74 Å². The Balaban J connectivity index is 1.82. The summed E-state index contributed by atoms with van der Waals surface area (Å²) < 4.78 is 5.88. The molecule has 0 radical (unpaired) electrons. The molecule has 1 aromatic heterocycles. The van der Waals surface area contributed by atoms with E-state index in [0.717, 1.165) is 21.3 Å². The molecule has 0 aliphatic rings. The van der Waals surface area contributed by atoms with Crippen LogP contribution in [-0.4, -0.2) is 24.0 Å². The van der Waals surface area contributed by atoms with E-state index in [1.54, 1.807) is 29.2 Å². The summed E-state index contributed by atoms with van der Waals surface area (Å²) in [6.45, 7) is 2.34. The number of aryl methyl sites for hydroxylation is 1. The summed E-state index contributed by atoms with van der Waals surface area (Å²) in [4.78, 5) is 32.3. The predicted octanol–water partition coefficient (Wildman–Crippen LogP) is 5.24. The van der Waals surface area contributed by atoms with Crippen molar-refractivity contribution in [1.29, 1.82) is 0 Å². The van der Waals surface area contributed by atoms with E-state index in [1.165, 1.54) is 18.4 Å². The van der Waals surface area contributed by atoms with Crippen LogP contribution in [0.3, 0.4) is 0 Å². The van der Waals surface area contributed by atoms with Crippen molar-refractivity contribution in [3.63, 3.8) is 0 Å². The van der Waals surface area contributed by atoms with Crippen molar-refractivity contribution >= 4 is 38.6 Å². The molecule has 30 heavy (non-hydrogen) atoms. The number of methoxy groups -OCH3 is 1. The standard InChI is InChI=1S/C24H20N2O3S/c1-16-9-8-14-20-21(16)25-24(30-20)26(15-17-10-4-3-5-11-17)22(27)18-12-6-7-13-19(18)23(28)29-2/h3-14H,15H2,1-2H3. The molecule has 3 aromatic carbocycles. The Labute approximate surface area is 178 Å². The molecule has 0 fully saturated rings. The molecular formula is C24H20N2O3S. The molecule has 0 saturated carbocycles. The van der Waals surface area contributed by atoms with Gasteiger partial charge >= 0.3 is 5.97 Å². The molecule has 5 nitrogen and oxygen atoms in total. The smallest absolute Gasteiger partial charge is 0.338 e. The van der Waals surface area contributed by atoms with Crippen molar-refractivity contribution in [2.75, 3.05) is 12.0 Å². The number of benzene rings is 3. The average molecular weight is 417 g/mol. The Hall–Kier alpha value is -3.51. The van der Waals surface area contributed by atoms with Crippen LogP contribution in [0, 0.1) is 6.92 Å². The molecule has 0 spiro atoms. The monoisotopic (exact) mass is 416 g/mol. The first-order valence-corrected chi connectivity index (χ1v) is 10.3. The molecule has 150 valence electrons. The molecule has 1 amide bonds. The third-order valence-corrected chi connectivity index (χ3v) is 5.88. The number of ether oxygens (including phenoxy) is 1. The fourth-order valence-electron chi connectivity index (χ4n) is 3.29. The Kier molecular flexibility index (Phi) is 5.59. The molecular weight excluding hydrogens is 396 g/mol. The number of carbonyl (C=O) groups is 2. The number of rotatable bonds is 5. The van der Waals surface area contributed by atoms with Gasteiger partial charge in [-0.2, -0.15) is 0 Å². The van der Waals surface area contributed by atoms with Crippen LogP contribution in [0.4, 0.5) is 5.13 Å². The second-order valence-electron chi connectivity index (χ2n) is 6.83. The van der Waals surface area contributed by atoms with Crippen molar-refractivity contribution in [2.45, 2.75) is 13.5 Å². The second-order valence-corrected chi connectivity index (χ2v) is 7.84. The molecule has 0 bridgehead atoms. The lowest BCUT2D eigenvalue weighted by Crippen LogP contribution is -2.31. The highest BCUT2D eigenvalue weighted by molar-refractivity contribution is 7.22. The summed E-state index contributed by atoms with van der Waals surface area (Å²) in [6.07, 6.45) is 0. The van der Waals surface area contributed by atoms with Crippen LogP contribution in [0.25, 0.3) is 10.2 Å². The van der Waals surface area contributed by atoms with Crippen molar-refractivity contribution < 1.29 is 14.3 Å². The molecule has 0 saturated heterocycles. The average Bonchev–Trinajstić information content (AvgIpc) is 3.22. The Bertz CT molecular complexity index is 1220. The third-order valence-electron chi connectivity index (χ3n) is 4.83. The maximum atomic E-state index is 13.6. The number of fused-ring (bicyclic) bond motifs is 1. The molecule has 0 aliphatic heterocycles. The fraction of sp³-hybridized carbons (Fsp3) is 0.125. The van der Waals surface area contributed by atoms with Gasteiger partial charge in [0.2, 0.25) is 0 Å². The van der Waals surface area contributed by atoms with Gasteiger partial charge in [-0.05, 0) is 36.2 Å². The summed E-state index contributed by atoms with van der Waals surface area (Å²) >= 11 is 1.46. The highest BCUT2D eigenvalue weighted by atomic mass is 32.1. The first-order valence-electron chi connectivity index (χ1n) is 9.48. The predicted molar refractivity (Wildman–Crippen MR) is 119 cm³/mol. The molecule has 1 heterocycles. The Morgan fingerprint density at radius 1 is 0.933 bits per heavy atom. The van der Waals surface area contributed by atoms with Gasteiger partial charge in [-0.15, -0.1) is 0 Å². The number of nitrogens with zero attached hydrogens (tertiary/aromatic N) is 2. The van der Waals surface area contributed by atoms with Gasteiger partial charge in [-0.1, -0.05) is 65.9 Å². The number of para-hydroxylation sites is 1. The first-order chi connectivity index (χ1) is 14.6. The number of amides is 1.